The summed E-state index contributed by atoms with van der Waals surface area (Å²) in [7, 11) is -3.85. The summed E-state index contributed by atoms with van der Waals surface area (Å²) in [6.45, 7) is 3.62. The van der Waals surface area contributed by atoms with Gasteiger partial charge in [-0.15, -0.1) is 0 Å². The number of anilines is 1. The lowest BCUT2D eigenvalue weighted by Gasteiger charge is -2.24. The van der Waals surface area contributed by atoms with Crippen LogP contribution in [0.4, 0.5) is 5.69 Å². The first-order chi connectivity index (χ1) is 13.3. The number of carbonyl (C=O) groups excluding carboxylic acids is 2. The number of likely N-dealkylation sites (N-methyl/N-ethyl adjacent to an activating group) is 1. The Morgan fingerprint density at radius 2 is 1.93 bits per heavy atom. The molecule has 0 aliphatic carbocycles. The maximum absolute atomic E-state index is 13.2. The summed E-state index contributed by atoms with van der Waals surface area (Å²) in [4.78, 5) is 23.7. The van der Waals surface area contributed by atoms with Crippen LogP contribution in [0, 0.1) is 0 Å². The highest BCUT2D eigenvalue weighted by Crippen LogP contribution is 2.36. The second kappa shape index (κ2) is 8.02. The van der Waals surface area contributed by atoms with Crippen molar-refractivity contribution >= 4 is 27.6 Å². The number of nitrogens with one attached hydrogen (secondary N) is 1. The number of hydrogen-bond donors (Lipinski definition) is 1. The number of fused-ring (bicyclic) bond motifs is 1. The number of esters is 1. The van der Waals surface area contributed by atoms with E-state index < -0.39 is 28.5 Å². The van der Waals surface area contributed by atoms with Crippen LogP contribution in [0.15, 0.2) is 53.4 Å². The number of para-hydroxylation sites is 1. The van der Waals surface area contributed by atoms with Crippen molar-refractivity contribution in [3.63, 3.8) is 0 Å². The third kappa shape index (κ3) is 3.87. The van der Waals surface area contributed by atoms with Crippen molar-refractivity contribution in [2.75, 3.05) is 17.5 Å². The number of nitrogens with zero attached hydrogens (tertiary/aromatic N) is 1. The Morgan fingerprint density at radius 1 is 1.18 bits per heavy atom. The summed E-state index contributed by atoms with van der Waals surface area (Å²) in [5.74, 6) is -1.17. The zero-order valence-corrected chi connectivity index (χ0v) is 16.5. The van der Waals surface area contributed by atoms with Crippen LogP contribution in [0.5, 0.6) is 0 Å². The Balaban J connectivity index is 1.85. The molecule has 1 aliphatic heterocycles. The molecule has 1 atom stereocenters. The predicted octanol–water partition coefficient (Wildman–Crippen LogP) is 2.12. The monoisotopic (exact) mass is 402 g/mol. The molecule has 0 spiro atoms. The quantitative estimate of drug-likeness (QED) is 0.747. The van der Waals surface area contributed by atoms with Crippen molar-refractivity contribution in [3.8, 4) is 0 Å². The highest BCUT2D eigenvalue weighted by molar-refractivity contribution is 7.92. The van der Waals surface area contributed by atoms with Gasteiger partial charge in [0, 0.05) is 12.6 Å². The highest BCUT2D eigenvalue weighted by atomic mass is 32.2. The summed E-state index contributed by atoms with van der Waals surface area (Å²) in [5, 5.41) is 2.52. The van der Waals surface area contributed by atoms with Gasteiger partial charge in [0.1, 0.15) is 0 Å². The number of carbonyl (C=O) groups is 2. The van der Waals surface area contributed by atoms with Gasteiger partial charge in [0.05, 0.1) is 16.1 Å². The van der Waals surface area contributed by atoms with Crippen LogP contribution >= 0.6 is 0 Å². The lowest BCUT2D eigenvalue weighted by molar-refractivity contribution is -0.124. The fourth-order valence-electron chi connectivity index (χ4n) is 3.26. The Hall–Kier alpha value is -2.87. The van der Waals surface area contributed by atoms with E-state index in [2.05, 4.69) is 5.32 Å². The van der Waals surface area contributed by atoms with Crippen LogP contribution < -0.4 is 9.62 Å². The average molecular weight is 402 g/mol. The van der Waals surface area contributed by atoms with Crippen molar-refractivity contribution < 1.29 is 22.7 Å². The summed E-state index contributed by atoms with van der Waals surface area (Å²) in [6, 6.07) is 12.8. The number of ether oxygens (including phenoxy) is 1. The number of amides is 1. The van der Waals surface area contributed by atoms with Gasteiger partial charge < -0.3 is 10.1 Å². The molecule has 1 amide bonds. The van der Waals surface area contributed by atoms with Gasteiger partial charge in [-0.25, -0.2) is 13.2 Å². The Labute approximate surface area is 164 Å². The second-order valence-electron chi connectivity index (χ2n) is 6.54. The fraction of sp³-hybridized carbons (Fsp3) is 0.300. The molecule has 7 nitrogen and oxygen atoms in total. The van der Waals surface area contributed by atoms with E-state index in [-0.39, 0.29) is 16.5 Å². The summed E-state index contributed by atoms with van der Waals surface area (Å²) < 4.78 is 32.8. The van der Waals surface area contributed by atoms with Crippen LogP contribution in [0.1, 0.15) is 29.8 Å². The standard InChI is InChI=1S/C20H22N2O5S/c1-3-21-19(23)13-27-20(24)16-8-6-9-17(12-16)28(25,26)22-14(2)11-15-7-4-5-10-18(15)22/h4-10,12,14H,3,11,13H2,1-2H3,(H,21,23)/t14-/m0/s1. The Bertz CT molecular complexity index is 1000. The summed E-state index contributed by atoms with van der Waals surface area (Å²) >= 11 is 0. The third-order valence-electron chi connectivity index (χ3n) is 4.48. The minimum atomic E-state index is -3.85. The van der Waals surface area contributed by atoms with Crippen LogP contribution in [-0.4, -0.2) is 39.5 Å². The molecule has 2 aromatic carbocycles. The number of sulfonamides is 1. The molecule has 1 heterocycles. The van der Waals surface area contributed by atoms with Crippen LogP contribution in [0.2, 0.25) is 0 Å². The zero-order chi connectivity index (χ0) is 20.3. The van der Waals surface area contributed by atoms with Crippen LogP contribution in [-0.2, 0) is 26.0 Å². The molecule has 3 rings (SSSR count). The van der Waals surface area contributed by atoms with E-state index in [9.17, 15) is 18.0 Å². The van der Waals surface area contributed by atoms with E-state index in [4.69, 9.17) is 4.74 Å². The van der Waals surface area contributed by atoms with Crippen molar-refractivity contribution in [2.45, 2.75) is 31.2 Å². The topological polar surface area (TPSA) is 92.8 Å². The van der Waals surface area contributed by atoms with E-state index in [1.165, 1.54) is 28.6 Å². The van der Waals surface area contributed by atoms with Gasteiger partial charge in [0.15, 0.2) is 6.61 Å². The molecule has 148 valence electrons. The molecule has 0 saturated heterocycles. The van der Waals surface area contributed by atoms with E-state index in [0.29, 0.717) is 18.7 Å². The van der Waals surface area contributed by atoms with Gasteiger partial charge >= 0.3 is 5.97 Å². The molecule has 0 radical (unpaired) electrons. The lowest BCUT2D eigenvalue weighted by atomic mass is 10.1. The molecule has 0 saturated carbocycles. The molecule has 1 aliphatic rings. The number of benzene rings is 2. The van der Waals surface area contributed by atoms with Gasteiger partial charge in [-0.2, -0.15) is 0 Å². The van der Waals surface area contributed by atoms with Gasteiger partial charge in [-0.1, -0.05) is 24.3 Å². The second-order valence-corrected chi connectivity index (χ2v) is 8.36. The van der Waals surface area contributed by atoms with Crippen molar-refractivity contribution in [1.82, 2.24) is 5.32 Å². The smallest absolute Gasteiger partial charge is 0.338 e. The highest BCUT2D eigenvalue weighted by Gasteiger charge is 2.36. The maximum atomic E-state index is 13.2. The van der Waals surface area contributed by atoms with E-state index in [0.717, 1.165) is 5.56 Å². The predicted molar refractivity (Wildman–Crippen MR) is 105 cm³/mol. The van der Waals surface area contributed by atoms with Crippen molar-refractivity contribution in [3.05, 3.63) is 59.7 Å². The van der Waals surface area contributed by atoms with Gasteiger partial charge in [-0.3, -0.25) is 9.10 Å². The molecule has 2 aromatic rings. The first kappa shape index (κ1) is 19.9. The number of hydrogen-bond acceptors (Lipinski definition) is 5. The van der Waals surface area contributed by atoms with Crippen LogP contribution in [0.25, 0.3) is 0 Å². The molecule has 0 fully saturated rings. The van der Waals surface area contributed by atoms with E-state index in [1.807, 2.05) is 19.1 Å². The normalized spacial score (nSPS) is 15.8. The summed E-state index contributed by atoms with van der Waals surface area (Å²) in [5.41, 5.74) is 1.70. The molecule has 0 bridgehead atoms. The van der Waals surface area contributed by atoms with E-state index in [1.54, 1.807) is 19.1 Å². The molecule has 0 unspecified atom stereocenters. The molecule has 28 heavy (non-hydrogen) atoms. The first-order valence-electron chi connectivity index (χ1n) is 9.00. The molecule has 8 heteroatoms. The molecular weight excluding hydrogens is 380 g/mol. The lowest BCUT2D eigenvalue weighted by Crippen LogP contribution is -2.35. The van der Waals surface area contributed by atoms with Crippen LogP contribution in [0.3, 0.4) is 0 Å². The number of rotatable bonds is 6. The third-order valence-corrected chi connectivity index (χ3v) is 6.40. The Kier molecular flexibility index (Phi) is 5.69. The maximum Gasteiger partial charge on any atom is 0.338 e. The molecule has 1 N–H and O–H groups in total. The minimum absolute atomic E-state index is 0.00325. The fourth-order valence-corrected chi connectivity index (χ4v) is 5.00. The largest absolute Gasteiger partial charge is 0.452 e. The average Bonchev–Trinajstić information content (AvgIpc) is 3.02. The van der Waals surface area contributed by atoms with Gasteiger partial charge in [0.25, 0.3) is 15.9 Å². The zero-order valence-electron chi connectivity index (χ0n) is 15.7. The van der Waals surface area contributed by atoms with Gasteiger partial charge in [0.2, 0.25) is 0 Å². The Morgan fingerprint density at radius 3 is 2.68 bits per heavy atom. The van der Waals surface area contributed by atoms with Crippen molar-refractivity contribution in [2.24, 2.45) is 0 Å². The summed E-state index contributed by atoms with van der Waals surface area (Å²) in [6.07, 6.45) is 0.629. The first-order valence-corrected chi connectivity index (χ1v) is 10.4. The van der Waals surface area contributed by atoms with E-state index >= 15 is 0 Å². The molecule has 0 aromatic heterocycles. The van der Waals surface area contributed by atoms with Gasteiger partial charge in [-0.05, 0) is 50.1 Å². The SMILES string of the molecule is CCNC(=O)COC(=O)c1cccc(S(=O)(=O)N2c3ccccc3C[C@@H]2C)c1. The minimum Gasteiger partial charge on any atom is -0.452 e. The van der Waals surface area contributed by atoms with Crippen molar-refractivity contribution in [1.29, 1.82) is 0 Å². The molecular formula is C20H22N2O5S.